The van der Waals surface area contributed by atoms with E-state index >= 15 is 0 Å². The lowest BCUT2D eigenvalue weighted by Crippen LogP contribution is -2.53. The highest BCUT2D eigenvalue weighted by Gasteiger charge is 2.28. The first-order valence-electron chi connectivity index (χ1n) is 11.6. The van der Waals surface area contributed by atoms with Crippen molar-refractivity contribution in [3.05, 3.63) is 108 Å². The molecule has 3 aromatic carbocycles. The molecule has 0 saturated heterocycles. The van der Waals surface area contributed by atoms with Gasteiger partial charge < -0.3 is 20.7 Å². The van der Waals surface area contributed by atoms with Gasteiger partial charge in [0.25, 0.3) is 5.91 Å². The van der Waals surface area contributed by atoms with Gasteiger partial charge in [0, 0.05) is 40.4 Å². The van der Waals surface area contributed by atoms with Crippen molar-refractivity contribution in [3.8, 4) is 0 Å². The van der Waals surface area contributed by atoms with Crippen LogP contribution in [-0.2, 0) is 16.0 Å². The largest absolute Gasteiger partial charge is 0.480 e. The van der Waals surface area contributed by atoms with Gasteiger partial charge in [-0.2, -0.15) is 0 Å². The zero-order valence-corrected chi connectivity index (χ0v) is 20.5. The zero-order chi connectivity index (χ0) is 26.2. The molecule has 0 unspecified atom stereocenters. The van der Waals surface area contributed by atoms with Gasteiger partial charge in [0.2, 0.25) is 11.0 Å². The lowest BCUT2D eigenvalue weighted by Gasteiger charge is -2.21. The normalized spacial score (nSPS) is 12.4. The van der Waals surface area contributed by atoms with Crippen LogP contribution in [0.1, 0.15) is 26.3 Å². The van der Waals surface area contributed by atoms with Crippen LogP contribution in [0.4, 0.5) is 0 Å². The van der Waals surface area contributed by atoms with Crippen LogP contribution in [0.3, 0.4) is 0 Å². The molecule has 0 saturated carbocycles. The number of aliphatic carboxylic acids is 1. The molecule has 0 radical (unpaired) electrons. The van der Waals surface area contributed by atoms with Crippen molar-refractivity contribution in [1.29, 1.82) is 0 Å². The molecule has 4 aromatic rings. The molecule has 37 heavy (non-hydrogen) atoms. The fourth-order valence-corrected chi connectivity index (χ4v) is 4.68. The maximum absolute atomic E-state index is 13.2. The second-order valence-electron chi connectivity index (χ2n) is 8.32. The Hall–Kier alpha value is -4.37. The van der Waals surface area contributed by atoms with Crippen LogP contribution in [0.5, 0.6) is 0 Å². The van der Waals surface area contributed by atoms with Crippen LogP contribution in [0.15, 0.2) is 91.1 Å². The Balaban J connectivity index is 1.50. The molecule has 0 aliphatic rings. The fraction of sp³-hybridized carbons (Fsp3) is 0.143. The van der Waals surface area contributed by atoms with Crippen LogP contribution in [0, 0.1) is 0 Å². The number of nitrogens with one attached hydrogen (secondary N) is 3. The first-order valence-corrected chi connectivity index (χ1v) is 12.6. The molecule has 8 nitrogen and oxygen atoms in total. The number of aromatic nitrogens is 1. The van der Waals surface area contributed by atoms with Crippen LogP contribution in [0.2, 0.25) is 0 Å². The number of carbonyl (C=O) groups is 4. The minimum absolute atomic E-state index is 0.0422. The number of carbonyl (C=O) groups excluding carboxylic acids is 3. The molecule has 2 atom stereocenters. The smallest absolute Gasteiger partial charge is 0.326 e. The van der Waals surface area contributed by atoms with Gasteiger partial charge in [-0.25, -0.2) is 4.79 Å². The van der Waals surface area contributed by atoms with E-state index in [0.29, 0.717) is 11.1 Å². The van der Waals surface area contributed by atoms with E-state index in [2.05, 4.69) is 15.6 Å². The van der Waals surface area contributed by atoms with Gasteiger partial charge in [0.15, 0.2) is 0 Å². The molecule has 0 aliphatic heterocycles. The second-order valence-corrected chi connectivity index (χ2v) is 9.31. The summed E-state index contributed by atoms with van der Waals surface area (Å²) < 4.78 is 0. The molecule has 1 heterocycles. The lowest BCUT2D eigenvalue weighted by molar-refractivity contribution is -0.141. The van der Waals surface area contributed by atoms with E-state index in [9.17, 15) is 24.3 Å². The Bertz CT molecular complexity index is 1410. The molecule has 188 valence electrons. The summed E-state index contributed by atoms with van der Waals surface area (Å²) >= 11 is 0.879. The van der Waals surface area contributed by atoms with Gasteiger partial charge in [-0.1, -0.05) is 78.5 Å². The molecule has 9 heteroatoms. The van der Waals surface area contributed by atoms with E-state index in [1.807, 2.05) is 24.3 Å². The summed E-state index contributed by atoms with van der Waals surface area (Å²) in [6, 6.07) is 22.0. The average Bonchev–Trinajstić information content (AvgIpc) is 3.34. The zero-order valence-electron chi connectivity index (χ0n) is 19.7. The highest BCUT2D eigenvalue weighted by Crippen LogP contribution is 2.19. The SMILES string of the molecule is O=C(N[C@@H](CSC(=O)c1ccccc1)C(=O)N[C@@H](Cc1c[nH]c2ccccc12)C(=O)O)c1ccccc1. The summed E-state index contributed by atoms with van der Waals surface area (Å²) in [6.45, 7) is 0. The van der Waals surface area contributed by atoms with E-state index in [1.54, 1.807) is 66.9 Å². The molecule has 0 aliphatic carbocycles. The Morgan fingerprint density at radius 3 is 2.08 bits per heavy atom. The highest BCUT2D eigenvalue weighted by molar-refractivity contribution is 8.14. The number of hydrogen-bond acceptors (Lipinski definition) is 5. The molecule has 4 N–H and O–H groups in total. The number of H-pyrrole nitrogens is 1. The first-order chi connectivity index (χ1) is 17.9. The summed E-state index contributed by atoms with van der Waals surface area (Å²) in [5, 5.41) is 15.6. The van der Waals surface area contributed by atoms with Gasteiger partial charge in [0.05, 0.1) is 0 Å². The highest BCUT2D eigenvalue weighted by atomic mass is 32.2. The van der Waals surface area contributed by atoms with Crippen molar-refractivity contribution in [3.63, 3.8) is 0 Å². The number of carboxylic acid groups (broad SMARTS) is 1. The third-order valence-corrected chi connectivity index (χ3v) is 6.76. The van der Waals surface area contributed by atoms with Gasteiger partial charge in [-0.05, 0) is 23.8 Å². The number of thioether (sulfide) groups is 1. The number of para-hydroxylation sites is 1. The van der Waals surface area contributed by atoms with Crippen LogP contribution < -0.4 is 10.6 Å². The predicted molar refractivity (Wildman–Crippen MR) is 142 cm³/mol. The van der Waals surface area contributed by atoms with Crippen LogP contribution in [0.25, 0.3) is 10.9 Å². The van der Waals surface area contributed by atoms with Gasteiger partial charge >= 0.3 is 5.97 Å². The van der Waals surface area contributed by atoms with Crippen molar-refractivity contribution in [2.24, 2.45) is 0 Å². The Labute approximate surface area is 217 Å². The van der Waals surface area contributed by atoms with Crippen molar-refractivity contribution in [1.82, 2.24) is 15.6 Å². The van der Waals surface area contributed by atoms with E-state index in [1.165, 1.54) is 0 Å². The Morgan fingerprint density at radius 1 is 0.784 bits per heavy atom. The average molecular weight is 516 g/mol. The van der Waals surface area contributed by atoms with Gasteiger partial charge in [0.1, 0.15) is 12.1 Å². The molecule has 1 aromatic heterocycles. The number of amides is 2. The number of rotatable bonds is 10. The van der Waals surface area contributed by atoms with Crippen LogP contribution in [-0.4, -0.2) is 50.8 Å². The second kappa shape index (κ2) is 12.0. The lowest BCUT2D eigenvalue weighted by atomic mass is 10.0. The quantitative estimate of drug-likeness (QED) is 0.255. The maximum atomic E-state index is 13.2. The number of aromatic amines is 1. The summed E-state index contributed by atoms with van der Waals surface area (Å²) in [5.74, 6) is -2.47. The minimum Gasteiger partial charge on any atom is -0.480 e. The third-order valence-electron chi connectivity index (χ3n) is 5.76. The molecule has 0 fully saturated rings. The van der Waals surface area contributed by atoms with Crippen molar-refractivity contribution in [2.45, 2.75) is 18.5 Å². The summed E-state index contributed by atoms with van der Waals surface area (Å²) in [7, 11) is 0. The number of hydrogen-bond donors (Lipinski definition) is 4. The Morgan fingerprint density at radius 2 is 1.41 bits per heavy atom. The molecular formula is C28H25N3O5S. The maximum Gasteiger partial charge on any atom is 0.326 e. The monoisotopic (exact) mass is 515 g/mol. The van der Waals surface area contributed by atoms with Crippen molar-refractivity contribution >= 4 is 45.6 Å². The Kier molecular flexibility index (Phi) is 8.37. The van der Waals surface area contributed by atoms with E-state index in [4.69, 9.17) is 0 Å². The van der Waals surface area contributed by atoms with E-state index < -0.39 is 29.9 Å². The molecule has 4 rings (SSSR count). The molecule has 0 spiro atoms. The van der Waals surface area contributed by atoms with Crippen molar-refractivity contribution in [2.75, 3.05) is 5.75 Å². The van der Waals surface area contributed by atoms with Gasteiger partial charge in [-0.3, -0.25) is 14.4 Å². The topological polar surface area (TPSA) is 128 Å². The third kappa shape index (κ3) is 6.65. The summed E-state index contributed by atoms with van der Waals surface area (Å²) in [6.07, 6.45) is 1.76. The van der Waals surface area contributed by atoms with Gasteiger partial charge in [-0.15, -0.1) is 0 Å². The molecule has 2 amide bonds. The number of fused-ring (bicyclic) bond motifs is 1. The summed E-state index contributed by atoms with van der Waals surface area (Å²) in [4.78, 5) is 53.8. The number of benzene rings is 3. The van der Waals surface area contributed by atoms with Crippen molar-refractivity contribution < 1.29 is 24.3 Å². The molecule has 0 bridgehead atoms. The number of carboxylic acids is 1. The van der Waals surface area contributed by atoms with E-state index in [0.717, 1.165) is 28.2 Å². The molecular weight excluding hydrogens is 490 g/mol. The van der Waals surface area contributed by atoms with Crippen LogP contribution >= 0.6 is 11.8 Å². The minimum atomic E-state index is -1.24. The first kappa shape index (κ1) is 25.7. The summed E-state index contributed by atoms with van der Waals surface area (Å²) in [5.41, 5.74) is 2.40. The standard InChI is InChI=1S/C28H25N3O5S/c32-25(18-9-3-1-4-10-18)31-24(17-37-28(36)19-11-5-2-6-12-19)26(33)30-23(27(34)35)15-20-16-29-22-14-8-7-13-21(20)22/h1-14,16,23-24,29H,15,17H2,(H,30,33)(H,31,32)(H,34,35)/t23-,24-/m0/s1. The fourth-order valence-electron chi connectivity index (χ4n) is 3.82. The predicted octanol–water partition coefficient (Wildman–Crippen LogP) is 3.65. The van der Waals surface area contributed by atoms with E-state index in [-0.39, 0.29) is 17.3 Å².